The van der Waals surface area contributed by atoms with Crippen LogP contribution in [0.2, 0.25) is 5.02 Å². The Morgan fingerprint density at radius 3 is 2.81 bits per heavy atom. The molecule has 0 N–H and O–H groups in total. The van der Waals surface area contributed by atoms with Gasteiger partial charge >= 0.3 is 5.97 Å². The van der Waals surface area contributed by atoms with E-state index in [4.69, 9.17) is 21.6 Å². The van der Waals surface area contributed by atoms with E-state index in [-0.39, 0.29) is 16.3 Å². The monoisotopic (exact) mass is 239 g/mol. The van der Waals surface area contributed by atoms with Gasteiger partial charge in [0.15, 0.2) is 6.10 Å². The van der Waals surface area contributed by atoms with Gasteiger partial charge in [0, 0.05) is 0 Å². The maximum absolute atomic E-state index is 11.1. The van der Waals surface area contributed by atoms with Gasteiger partial charge in [-0.2, -0.15) is 5.26 Å². The molecule has 0 fully saturated rings. The third-order valence-corrected chi connectivity index (χ3v) is 2.24. The summed E-state index contributed by atoms with van der Waals surface area (Å²) in [6.07, 6.45) is -0.782. The fourth-order valence-electron chi connectivity index (χ4n) is 1.12. The summed E-state index contributed by atoms with van der Waals surface area (Å²) in [5, 5.41) is 9.17. The molecule has 16 heavy (non-hydrogen) atoms. The molecule has 1 aromatic rings. The highest BCUT2D eigenvalue weighted by Crippen LogP contribution is 2.26. The molecule has 0 amide bonds. The van der Waals surface area contributed by atoms with Gasteiger partial charge in [-0.15, -0.1) is 0 Å². The molecule has 0 saturated heterocycles. The van der Waals surface area contributed by atoms with Gasteiger partial charge in [-0.3, -0.25) is 0 Å². The predicted molar refractivity (Wildman–Crippen MR) is 58.3 cm³/mol. The molecule has 1 aromatic carbocycles. The number of carbonyl (C=O) groups is 1. The van der Waals surface area contributed by atoms with Gasteiger partial charge in [-0.25, -0.2) is 4.79 Å². The number of halogens is 1. The predicted octanol–water partition coefficient (Wildman–Crippen LogP) is 2.15. The van der Waals surface area contributed by atoms with Crippen LogP contribution in [0, 0.1) is 11.3 Å². The van der Waals surface area contributed by atoms with Crippen LogP contribution >= 0.6 is 11.6 Å². The van der Waals surface area contributed by atoms with Crippen molar-refractivity contribution >= 4 is 17.6 Å². The summed E-state index contributed by atoms with van der Waals surface area (Å²) in [5.41, 5.74) is 0.208. The third kappa shape index (κ3) is 2.65. The van der Waals surface area contributed by atoms with Crippen molar-refractivity contribution in [3.63, 3.8) is 0 Å². The van der Waals surface area contributed by atoms with E-state index < -0.39 is 12.1 Å². The van der Waals surface area contributed by atoms with Crippen molar-refractivity contribution in [3.05, 3.63) is 28.8 Å². The highest BCUT2D eigenvalue weighted by molar-refractivity contribution is 6.31. The Kier molecular flexibility index (Phi) is 4.15. The quantitative estimate of drug-likeness (QED) is 0.759. The minimum atomic E-state index is -0.782. The first-order chi connectivity index (χ1) is 7.60. The molecule has 0 unspecified atom stereocenters. The first-order valence-electron chi connectivity index (χ1n) is 4.53. The average Bonchev–Trinajstić information content (AvgIpc) is 2.28. The van der Waals surface area contributed by atoms with E-state index in [0.717, 1.165) is 0 Å². The van der Waals surface area contributed by atoms with Crippen LogP contribution in [-0.4, -0.2) is 19.2 Å². The van der Waals surface area contributed by atoms with Gasteiger partial charge in [-0.05, 0) is 19.1 Å². The minimum Gasteiger partial charge on any atom is -0.478 e. The number of methoxy groups -OCH3 is 1. The molecule has 0 saturated carbocycles. The van der Waals surface area contributed by atoms with Gasteiger partial charge in [0.25, 0.3) is 0 Å². The summed E-state index contributed by atoms with van der Waals surface area (Å²) in [5.74, 6) is -0.239. The number of nitriles is 1. The zero-order valence-electron chi connectivity index (χ0n) is 8.86. The molecule has 0 aliphatic rings. The van der Waals surface area contributed by atoms with Crippen LogP contribution in [0.5, 0.6) is 5.75 Å². The first-order valence-corrected chi connectivity index (χ1v) is 4.91. The fourth-order valence-corrected chi connectivity index (χ4v) is 1.32. The molecule has 5 heteroatoms. The van der Waals surface area contributed by atoms with E-state index in [1.165, 1.54) is 14.0 Å². The number of esters is 1. The van der Waals surface area contributed by atoms with Crippen LogP contribution < -0.4 is 4.74 Å². The second-order valence-corrected chi connectivity index (χ2v) is 3.42. The van der Waals surface area contributed by atoms with Crippen molar-refractivity contribution in [1.29, 1.82) is 5.26 Å². The van der Waals surface area contributed by atoms with Crippen molar-refractivity contribution < 1.29 is 14.3 Å². The van der Waals surface area contributed by atoms with E-state index in [0.29, 0.717) is 0 Å². The minimum absolute atomic E-state index is 0.208. The third-order valence-electron chi connectivity index (χ3n) is 1.92. The highest BCUT2D eigenvalue weighted by Gasteiger charge is 2.17. The van der Waals surface area contributed by atoms with Crippen LogP contribution in [-0.2, 0) is 9.53 Å². The number of benzene rings is 1. The maximum Gasteiger partial charge on any atom is 0.346 e. The molecule has 0 heterocycles. The lowest BCUT2D eigenvalue weighted by molar-refractivity contribution is -0.147. The largest absolute Gasteiger partial charge is 0.478 e. The van der Waals surface area contributed by atoms with Crippen molar-refractivity contribution in [2.75, 3.05) is 7.11 Å². The molecular weight excluding hydrogens is 230 g/mol. The SMILES string of the molecule is COC(=O)[C@H](C)Oc1cccc(Cl)c1C#N. The van der Waals surface area contributed by atoms with Gasteiger partial charge < -0.3 is 9.47 Å². The van der Waals surface area contributed by atoms with E-state index >= 15 is 0 Å². The summed E-state index contributed by atoms with van der Waals surface area (Å²) < 4.78 is 9.80. The Balaban J connectivity index is 2.94. The molecule has 1 atom stereocenters. The summed E-state index contributed by atoms with van der Waals surface area (Å²) >= 11 is 5.81. The lowest BCUT2D eigenvalue weighted by Crippen LogP contribution is -2.25. The Labute approximate surface area is 98.3 Å². The number of rotatable bonds is 3. The molecule has 0 spiro atoms. The summed E-state index contributed by atoms with van der Waals surface area (Å²) in [6, 6.07) is 6.71. The maximum atomic E-state index is 11.1. The first kappa shape index (κ1) is 12.3. The van der Waals surface area contributed by atoms with E-state index in [9.17, 15) is 4.79 Å². The molecule has 84 valence electrons. The van der Waals surface area contributed by atoms with Crippen molar-refractivity contribution in [1.82, 2.24) is 0 Å². The summed E-state index contributed by atoms with van der Waals surface area (Å²) in [6.45, 7) is 1.54. The summed E-state index contributed by atoms with van der Waals surface area (Å²) in [4.78, 5) is 11.1. The van der Waals surface area contributed by atoms with Gasteiger partial charge in [-0.1, -0.05) is 17.7 Å². The Hall–Kier alpha value is -1.73. The van der Waals surface area contributed by atoms with Crippen LogP contribution in [0.4, 0.5) is 0 Å². The zero-order valence-corrected chi connectivity index (χ0v) is 9.62. The fraction of sp³-hybridized carbons (Fsp3) is 0.273. The van der Waals surface area contributed by atoms with Crippen LogP contribution in [0.25, 0.3) is 0 Å². The highest BCUT2D eigenvalue weighted by atomic mass is 35.5. The standard InChI is InChI=1S/C11H10ClNO3/c1-7(11(14)15-2)16-10-5-3-4-9(12)8(10)6-13/h3-5,7H,1-2H3/t7-/m0/s1. The number of nitrogens with zero attached hydrogens (tertiary/aromatic N) is 1. The molecule has 1 rings (SSSR count). The van der Waals surface area contributed by atoms with E-state index in [2.05, 4.69) is 4.74 Å². The molecular formula is C11H10ClNO3. The second-order valence-electron chi connectivity index (χ2n) is 3.01. The molecule has 4 nitrogen and oxygen atoms in total. The van der Waals surface area contributed by atoms with Crippen LogP contribution in [0.1, 0.15) is 12.5 Å². The molecule has 0 radical (unpaired) electrons. The summed E-state index contributed by atoms with van der Waals surface area (Å²) in [7, 11) is 1.27. The normalized spacial score (nSPS) is 11.4. The van der Waals surface area contributed by atoms with Gasteiger partial charge in [0.2, 0.25) is 0 Å². The smallest absolute Gasteiger partial charge is 0.346 e. The van der Waals surface area contributed by atoms with Crippen molar-refractivity contribution in [3.8, 4) is 11.8 Å². The average molecular weight is 240 g/mol. The number of hydrogen-bond acceptors (Lipinski definition) is 4. The number of carbonyl (C=O) groups excluding carboxylic acids is 1. The molecule has 0 aliphatic carbocycles. The Bertz CT molecular complexity index is 439. The molecule has 0 aromatic heterocycles. The van der Waals surface area contributed by atoms with Crippen LogP contribution in [0.15, 0.2) is 18.2 Å². The van der Waals surface area contributed by atoms with Crippen molar-refractivity contribution in [2.24, 2.45) is 0 Å². The zero-order chi connectivity index (χ0) is 12.1. The number of hydrogen-bond donors (Lipinski definition) is 0. The van der Waals surface area contributed by atoms with E-state index in [1.54, 1.807) is 18.2 Å². The second kappa shape index (κ2) is 5.38. The lowest BCUT2D eigenvalue weighted by atomic mass is 10.2. The van der Waals surface area contributed by atoms with Crippen molar-refractivity contribution in [2.45, 2.75) is 13.0 Å². The molecule has 0 aliphatic heterocycles. The Morgan fingerprint density at radius 1 is 1.56 bits per heavy atom. The van der Waals surface area contributed by atoms with Crippen LogP contribution in [0.3, 0.4) is 0 Å². The Morgan fingerprint density at radius 2 is 2.25 bits per heavy atom. The number of ether oxygens (including phenoxy) is 2. The van der Waals surface area contributed by atoms with Gasteiger partial charge in [0.1, 0.15) is 17.4 Å². The lowest BCUT2D eigenvalue weighted by Gasteiger charge is -2.13. The van der Waals surface area contributed by atoms with Gasteiger partial charge in [0.05, 0.1) is 12.1 Å². The van der Waals surface area contributed by atoms with E-state index in [1.807, 2.05) is 6.07 Å². The topological polar surface area (TPSA) is 59.3 Å². The molecule has 0 bridgehead atoms.